The molecule has 20 heavy (non-hydrogen) atoms. The third kappa shape index (κ3) is 3.50. The van der Waals surface area contributed by atoms with E-state index in [4.69, 9.17) is 5.11 Å². The van der Waals surface area contributed by atoms with E-state index in [1.165, 1.54) is 0 Å². The fourth-order valence-electron chi connectivity index (χ4n) is 2.21. The van der Waals surface area contributed by atoms with Crippen LogP contribution in [0.4, 0.5) is 10.5 Å². The molecule has 0 heterocycles. The van der Waals surface area contributed by atoms with Crippen LogP contribution >= 0.6 is 15.9 Å². The lowest BCUT2D eigenvalue weighted by atomic mass is 10.1. The number of amides is 2. The topological polar surface area (TPSA) is 78.4 Å². The standard InChI is InChI=1S/C14H17BrN2O3/c1-7-5-10(15)6-8(2)11(7)16-14(20)17-12(13(18)19)9-3-4-9/h5-6,9,12H,3-4H2,1-2H3,(H,18,19)(H2,16,17,20). The summed E-state index contributed by atoms with van der Waals surface area (Å²) in [6, 6.07) is 2.53. The van der Waals surface area contributed by atoms with Crippen LogP contribution in [0.5, 0.6) is 0 Å². The Morgan fingerprint density at radius 3 is 2.30 bits per heavy atom. The van der Waals surface area contributed by atoms with Gasteiger partial charge in [-0.05, 0) is 55.9 Å². The number of rotatable bonds is 4. The molecule has 0 radical (unpaired) electrons. The molecule has 1 atom stereocenters. The quantitative estimate of drug-likeness (QED) is 0.788. The fraction of sp³-hybridized carbons (Fsp3) is 0.429. The highest BCUT2D eigenvalue weighted by atomic mass is 79.9. The second-order valence-corrected chi connectivity index (χ2v) is 6.08. The van der Waals surface area contributed by atoms with Gasteiger partial charge in [-0.15, -0.1) is 0 Å². The summed E-state index contributed by atoms with van der Waals surface area (Å²) in [4.78, 5) is 23.1. The molecule has 1 aliphatic carbocycles. The van der Waals surface area contributed by atoms with Crippen molar-refractivity contribution in [3.63, 3.8) is 0 Å². The molecule has 1 aromatic carbocycles. The maximum Gasteiger partial charge on any atom is 0.326 e. The number of anilines is 1. The molecule has 1 aliphatic rings. The van der Waals surface area contributed by atoms with Gasteiger partial charge in [0.2, 0.25) is 0 Å². The molecular weight excluding hydrogens is 324 g/mol. The Hall–Kier alpha value is -1.56. The second kappa shape index (κ2) is 5.83. The largest absolute Gasteiger partial charge is 0.480 e. The molecule has 1 saturated carbocycles. The minimum atomic E-state index is -0.980. The molecule has 0 bridgehead atoms. The summed E-state index contributed by atoms with van der Waals surface area (Å²) in [5, 5.41) is 14.4. The van der Waals surface area contributed by atoms with Crippen molar-refractivity contribution in [3.8, 4) is 0 Å². The number of carbonyl (C=O) groups excluding carboxylic acids is 1. The molecule has 0 aromatic heterocycles. The molecule has 2 amide bonds. The van der Waals surface area contributed by atoms with Crippen LogP contribution < -0.4 is 10.6 Å². The summed E-state index contributed by atoms with van der Waals surface area (Å²) in [6.07, 6.45) is 1.71. The van der Waals surface area contributed by atoms with Gasteiger partial charge in [-0.25, -0.2) is 9.59 Å². The van der Waals surface area contributed by atoms with E-state index in [0.717, 1.165) is 28.4 Å². The minimum Gasteiger partial charge on any atom is -0.480 e. The number of aryl methyl sites for hydroxylation is 2. The summed E-state index contributed by atoms with van der Waals surface area (Å²) in [6.45, 7) is 3.78. The zero-order valence-electron chi connectivity index (χ0n) is 11.4. The summed E-state index contributed by atoms with van der Waals surface area (Å²) >= 11 is 3.39. The van der Waals surface area contributed by atoms with Gasteiger partial charge >= 0.3 is 12.0 Å². The highest BCUT2D eigenvalue weighted by Crippen LogP contribution is 2.33. The molecule has 3 N–H and O–H groups in total. The van der Waals surface area contributed by atoms with E-state index in [-0.39, 0.29) is 5.92 Å². The molecular formula is C14H17BrN2O3. The molecule has 6 heteroatoms. The number of urea groups is 1. The fourth-order valence-corrected chi connectivity index (χ4v) is 2.90. The van der Waals surface area contributed by atoms with Gasteiger partial charge in [-0.2, -0.15) is 0 Å². The van der Waals surface area contributed by atoms with Crippen LogP contribution in [-0.2, 0) is 4.79 Å². The van der Waals surface area contributed by atoms with Gasteiger partial charge in [-0.3, -0.25) is 0 Å². The van der Waals surface area contributed by atoms with Gasteiger partial charge in [-0.1, -0.05) is 15.9 Å². The Bertz CT molecular complexity index is 532. The van der Waals surface area contributed by atoms with E-state index < -0.39 is 18.0 Å². The molecule has 0 aliphatic heterocycles. The number of carboxylic acid groups (broad SMARTS) is 1. The Kier molecular flexibility index (Phi) is 4.32. The molecule has 1 fully saturated rings. The van der Waals surface area contributed by atoms with Crippen molar-refractivity contribution in [1.82, 2.24) is 5.32 Å². The minimum absolute atomic E-state index is 0.0605. The van der Waals surface area contributed by atoms with Crippen LogP contribution in [-0.4, -0.2) is 23.1 Å². The number of nitrogens with one attached hydrogen (secondary N) is 2. The molecule has 2 rings (SSSR count). The van der Waals surface area contributed by atoms with Crippen molar-refractivity contribution in [2.75, 3.05) is 5.32 Å². The van der Waals surface area contributed by atoms with Crippen LogP contribution in [0.15, 0.2) is 16.6 Å². The predicted molar refractivity (Wildman–Crippen MR) is 79.9 cm³/mol. The van der Waals surface area contributed by atoms with E-state index >= 15 is 0 Å². The Morgan fingerprint density at radius 2 is 1.85 bits per heavy atom. The van der Waals surface area contributed by atoms with Crippen LogP contribution in [0, 0.1) is 19.8 Å². The molecule has 108 valence electrons. The third-order valence-corrected chi connectivity index (χ3v) is 3.84. The van der Waals surface area contributed by atoms with Gasteiger partial charge in [0.25, 0.3) is 0 Å². The van der Waals surface area contributed by atoms with Crippen molar-refractivity contribution >= 4 is 33.6 Å². The summed E-state index contributed by atoms with van der Waals surface area (Å²) in [5.41, 5.74) is 2.56. The van der Waals surface area contributed by atoms with Crippen molar-refractivity contribution in [2.24, 2.45) is 5.92 Å². The smallest absolute Gasteiger partial charge is 0.326 e. The monoisotopic (exact) mass is 340 g/mol. The summed E-state index contributed by atoms with van der Waals surface area (Å²) in [5.74, 6) is -0.919. The van der Waals surface area contributed by atoms with E-state index in [0.29, 0.717) is 5.69 Å². The van der Waals surface area contributed by atoms with Crippen LogP contribution in [0.1, 0.15) is 24.0 Å². The van der Waals surface area contributed by atoms with E-state index in [2.05, 4.69) is 26.6 Å². The van der Waals surface area contributed by atoms with Crippen molar-refractivity contribution < 1.29 is 14.7 Å². The molecule has 1 unspecified atom stereocenters. The van der Waals surface area contributed by atoms with Crippen molar-refractivity contribution in [3.05, 3.63) is 27.7 Å². The molecule has 1 aromatic rings. The zero-order valence-corrected chi connectivity index (χ0v) is 13.0. The SMILES string of the molecule is Cc1cc(Br)cc(C)c1NC(=O)NC(C(=O)O)C1CC1. The second-order valence-electron chi connectivity index (χ2n) is 5.17. The average Bonchev–Trinajstić information content (AvgIpc) is 3.14. The molecule has 0 saturated heterocycles. The van der Waals surface area contributed by atoms with Crippen LogP contribution in [0.2, 0.25) is 0 Å². The summed E-state index contributed by atoms with van der Waals surface area (Å²) < 4.78 is 0.944. The first-order valence-electron chi connectivity index (χ1n) is 6.45. The Morgan fingerprint density at radius 1 is 1.30 bits per heavy atom. The number of hydrogen-bond donors (Lipinski definition) is 3. The van der Waals surface area contributed by atoms with E-state index in [1.807, 2.05) is 26.0 Å². The number of hydrogen-bond acceptors (Lipinski definition) is 2. The number of aliphatic carboxylic acids is 1. The van der Waals surface area contributed by atoms with Crippen LogP contribution in [0.25, 0.3) is 0 Å². The first-order valence-corrected chi connectivity index (χ1v) is 7.25. The van der Waals surface area contributed by atoms with Gasteiger partial charge in [0, 0.05) is 10.2 Å². The highest BCUT2D eigenvalue weighted by Gasteiger charge is 2.37. The molecule has 5 nitrogen and oxygen atoms in total. The van der Waals surface area contributed by atoms with Gasteiger partial charge in [0.15, 0.2) is 0 Å². The Labute approximate surface area is 125 Å². The lowest BCUT2D eigenvalue weighted by Crippen LogP contribution is -2.44. The Balaban J connectivity index is 2.06. The third-order valence-electron chi connectivity index (χ3n) is 3.38. The number of benzene rings is 1. The maximum atomic E-state index is 12.0. The number of halogens is 1. The van der Waals surface area contributed by atoms with E-state index in [1.54, 1.807) is 0 Å². The normalized spacial score (nSPS) is 15.6. The van der Waals surface area contributed by atoms with Crippen molar-refractivity contribution in [1.29, 1.82) is 0 Å². The average molecular weight is 341 g/mol. The van der Waals surface area contributed by atoms with Gasteiger partial charge in [0.1, 0.15) is 6.04 Å². The van der Waals surface area contributed by atoms with Crippen molar-refractivity contribution in [2.45, 2.75) is 32.7 Å². The molecule has 0 spiro atoms. The highest BCUT2D eigenvalue weighted by molar-refractivity contribution is 9.10. The first kappa shape index (κ1) is 14.8. The van der Waals surface area contributed by atoms with E-state index in [9.17, 15) is 9.59 Å². The number of carboxylic acids is 1. The first-order chi connectivity index (χ1) is 9.38. The van der Waals surface area contributed by atoms with Crippen LogP contribution in [0.3, 0.4) is 0 Å². The maximum absolute atomic E-state index is 12.0. The summed E-state index contributed by atoms with van der Waals surface area (Å²) in [7, 11) is 0. The van der Waals surface area contributed by atoms with Gasteiger partial charge in [0.05, 0.1) is 0 Å². The lowest BCUT2D eigenvalue weighted by Gasteiger charge is -2.16. The number of carbonyl (C=O) groups is 2. The predicted octanol–water partition coefficient (Wildman–Crippen LogP) is 3.05. The zero-order chi connectivity index (χ0) is 14.9. The lowest BCUT2D eigenvalue weighted by molar-refractivity contribution is -0.139. The van der Waals surface area contributed by atoms with Gasteiger partial charge < -0.3 is 15.7 Å².